The first kappa shape index (κ1) is 12.4. The van der Waals surface area contributed by atoms with Gasteiger partial charge in [-0.3, -0.25) is 0 Å². The lowest BCUT2D eigenvalue weighted by Gasteiger charge is -2.06. The average Bonchev–Trinajstić information content (AvgIpc) is 2.79. The maximum absolute atomic E-state index is 10.6. The molecule has 94 valence electrons. The van der Waals surface area contributed by atoms with Gasteiger partial charge in [-0.05, 0) is 24.6 Å². The molecule has 0 unspecified atom stereocenters. The van der Waals surface area contributed by atoms with Crippen molar-refractivity contribution in [2.24, 2.45) is 0 Å². The number of benzene rings is 1. The number of hydrogen-bond acceptors (Lipinski definition) is 4. The fourth-order valence-corrected chi connectivity index (χ4v) is 1.52. The molecular weight excluding hydrogens is 258 g/mol. The number of rotatable bonds is 4. The van der Waals surface area contributed by atoms with Gasteiger partial charge in [0.05, 0.1) is 5.02 Å². The van der Waals surface area contributed by atoms with Crippen LogP contribution in [0.5, 0.6) is 5.75 Å². The Kier molecular flexibility index (Phi) is 3.53. The summed E-state index contributed by atoms with van der Waals surface area (Å²) in [5, 5.41) is 12.5. The Balaban J connectivity index is 2.06. The molecule has 0 atom stereocenters. The summed E-state index contributed by atoms with van der Waals surface area (Å²) in [5.41, 5.74) is 0.863. The molecule has 0 aliphatic carbocycles. The number of aromatic nitrogens is 1. The van der Waals surface area contributed by atoms with Crippen molar-refractivity contribution in [3.05, 3.63) is 46.3 Å². The number of hydrogen-bond donors (Lipinski definition) is 1. The van der Waals surface area contributed by atoms with Crippen molar-refractivity contribution in [3.63, 3.8) is 0 Å². The van der Waals surface area contributed by atoms with Crippen LogP contribution < -0.4 is 4.74 Å². The highest BCUT2D eigenvalue weighted by molar-refractivity contribution is 6.32. The predicted octanol–water partition coefficient (Wildman–Crippen LogP) is 2.91. The number of carboxylic acid groups (broad SMARTS) is 1. The molecule has 1 heterocycles. The molecule has 6 heteroatoms. The van der Waals surface area contributed by atoms with Gasteiger partial charge >= 0.3 is 5.97 Å². The van der Waals surface area contributed by atoms with E-state index < -0.39 is 5.97 Å². The topological polar surface area (TPSA) is 72.6 Å². The van der Waals surface area contributed by atoms with E-state index in [1.54, 1.807) is 12.1 Å². The van der Waals surface area contributed by atoms with Gasteiger partial charge in [0.2, 0.25) is 0 Å². The van der Waals surface area contributed by atoms with Crippen molar-refractivity contribution in [2.45, 2.75) is 13.5 Å². The number of carboxylic acids is 1. The number of halogens is 1. The van der Waals surface area contributed by atoms with Crippen molar-refractivity contribution in [1.29, 1.82) is 0 Å². The van der Waals surface area contributed by atoms with Crippen LogP contribution in [0, 0.1) is 6.92 Å². The maximum atomic E-state index is 10.6. The van der Waals surface area contributed by atoms with Crippen LogP contribution in [-0.4, -0.2) is 16.2 Å². The summed E-state index contributed by atoms with van der Waals surface area (Å²) in [5.74, 6) is -0.298. The van der Waals surface area contributed by atoms with Gasteiger partial charge in [-0.15, -0.1) is 0 Å². The van der Waals surface area contributed by atoms with E-state index in [4.69, 9.17) is 26.0 Å². The molecule has 0 saturated heterocycles. The van der Waals surface area contributed by atoms with Crippen LogP contribution in [0.15, 0.2) is 28.8 Å². The van der Waals surface area contributed by atoms with Gasteiger partial charge in [0.1, 0.15) is 12.4 Å². The lowest BCUT2D eigenvalue weighted by molar-refractivity contribution is 0.0685. The molecule has 2 rings (SSSR count). The van der Waals surface area contributed by atoms with Gasteiger partial charge in [0.25, 0.3) is 0 Å². The van der Waals surface area contributed by atoms with Crippen LogP contribution in [0.2, 0.25) is 5.02 Å². The number of aryl methyl sites for hydroxylation is 1. The standard InChI is InChI=1S/C12H10ClNO4/c1-7-2-3-9(13)11(4-7)17-6-8-5-10(12(15)16)14-18-8/h2-5H,6H2,1H3,(H,15,16). The predicted molar refractivity (Wildman–Crippen MR) is 64.0 cm³/mol. The summed E-state index contributed by atoms with van der Waals surface area (Å²) in [6.45, 7) is 1.99. The summed E-state index contributed by atoms with van der Waals surface area (Å²) in [6.07, 6.45) is 0. The van der Waals surface area contributed by atoms with E-state index >= 15 is 0 Å². The fourth-order valence-electron chi connectivity index (χ4n) is 1.35. The van der Waals surface area contributed by atoms with Gasteiger partial charge in [-0.2, -0.15) is 0 Å². The third-order valence-corrected chi connectivity index (χ3v) is 2.55. The number of carbonyl (C=O) groups is 1. The summed E-state index contributed by atoms with van der Waals surface area (Å²) < 4.78 is 10.3. The third-order valence-electron chi connectivity index (χ3n) is 2.23. The molecule has 0 amide bonds. The lowest BCUT2D eigenvalue weighted by Crippen LogP contribution is -1.96. The van der Waals surface area contributed by atoms with Crippen LogP contribution in [0.3, 0.4) is 0 Å². The summed E-state index contributed by atoms with van der Waals surface area (Å²) in [4.78, 5) is 10.6. The van der Waals surface area contributed by atoms with E-state index in [1.165, 1.54) is 6.07 Å². The van der Waals surface area contributed by atoms with Crippen molar-refractivity contribution in [1.82, 2.24) is 5.16 Å². The minimum Gasteiger partial charge on any atom is -0.484 e. The van der Waals surface area contributed by atoms with E-state index in [-0.39, 0.29) is 12.3 Å². The first-order valence-electron chi connectivity index (χ1n) is 5.14. The molecule has 0 saturated carbocycles. The Morgan fingerprint density at radius 3 is 2.94 bits per heavy atom. The molecule has 0 aliphatic rings. The highest BCUT2D eigenvalue weighted by Gasteiger charge is 2.11. The zero-order valence-corrected chi connectivity index (χ0v) is 10.3. The summed E-state index contributed by atoms with van der Waals surface area (Å²) >= 11 is 5.95. The van der Waals surface area contributed by atoms with Crippen LogP contribution in [0.25, 0.3) is 0 Å². The molecule has 1 aromatic carbocycles. The van der Waals surface area contributed by atoms with Crippen LogP contribution in [-0.2, 0) is 6.61 Å². The summed E-state index contributed by atoms with van der Waals surface area (Å²) in [7, 11) is 0. The molecule has 0 fully saturated rings. The molecule has 18 heavy (non-hydrogen) atoms. The first-order valence-corrected chi connectivity index (χ1v) is 5.52. The monoisotopic (exact) mass is 267 g/mol. The average molecular weight is 268 g/mol. The third kappa shape index (κ3) is 2.81. The van der Waals surface area contributed by atoms with Gasteiger partial charge in [-0.25, -0.2) is 4.79 Å². The molecule has 5 nitrogen and oxygen atoms in total. The largest absolute Gasteiger partial charge is 0.484 e. The Bertz CT molecular complexity index is 579. The van der Waals surface area contributed by atoms with Crippen LogP contribution in [0.1, 0.15) is 21.8 Å². The fraction of sp³-hybridized carbons (Fsp3) is 0.167. The van der Waals surface area contributed by atoms with Gasteiger partial charge in [0, 0.05) is 6.07 Å². The molecule has 1 N–H and O–H groups in total. The Morgan fingerprint density at radius 1 is 1.50 bits per heavy atom. The second kappa shape index (κ2) is 5.10. The Hall–Kier alpha value is -2.01. The van der Waals surface area contributed by atoms with E-state index in [1.807, 2.05) is 13.0 Å². The molecule has 0 spiro atoms. The number of nitrogens with zero attached hydrogens (tertiary/aromatic N) is 1. The smallest absolute Gasteiger partial charge is 0.358 e. The Labute approximate surface area is 108 Å². The maximum Gasteiger partial charge on any atom is 0.358 e. The Morgan fingerprint density at radius 2 is 2.28 bits per heavy atom. The second-order valence-corrected chi connectivity index (χ2v) is 4.11. The molecule has 0 bridgehead atoms. The lowest BCUT2D eigenvalue weighted by atomic mass is 10.2. The van der Waals surface area contributed by atoms with Crippen LogP contribution >= 0.6 is 11.6 Å². The zero-order valence-electron chi connectivity index (χ0n) is 9.51. The van der Waals surface area contributed by atoms with E-state index in [2.05, 4.69) is 5.16 Å². The second-order valence-electron chi connectivity index (χ2n) is 3.71. The quantitative estimate of drug-likeness (QED) is 0.922. The zero-order chi connectivity index (χ0) is 13.1. The normalized spacial score (nSPS) is 10.3. The van der Waals surface area contributed by atoms with Crippen molar-refractivity contribution in [2.75, 3.05) is 0 Å². The molecule has 1 aromatic heterocycles. The number of aromatic carboxylic acids is 1. The van der Waals surface area contributed by atoms with E-state index in [0.717, 1.165) is 5.56 Å². The van der Waals surface area contributed by atoms with Crippen molar-refractivity contribution in [3.8, 4) is 5.75 Å². The minimum atomic E-state index is -1.14. The van der Waals surface area contributed by atoms with Crippen molar-refractivity contribution >= 4 is 17.6 Å². The van der Waals surface area contributed by atoms with E-state index in [9.17, 15) is 4.79 Å². The molecular formula is C12H10ClNO4. The SMILES string of the molecule is Cc1ccc(Cl)c(OCc2cc(C(=O)O)no2)c1. The van der Waals surface area contributed by atoms with Crippen molar-refractivity contribution < 1.29 is 19.2 Å². The highest BCUT2D eigenvalue weighted by atomic mass is 35.5. The van der Waals surface area contributed by atoms with Gasteiger partial charge < -0.3 is 14.4 Å². The molecule has 0 radical (unpaired) electrons. The highest BCUT2D eigenvalue weighted by Crippen LogP contribution is 2.26. The summed E-state index contributed by atoms with van der Waals surface area (Å²) in [6, 6.07) is 6.70. The van der Waals surface area contributed by atoms with Gasteiger partial charge in [0.15, 0.2) is 11.5 Å². The number of ether oxygens (including phenoxy) is 1. The van der Waals surface area contributed by atoms with Crippen LogP contribution in [0.4, 0.5) is 0 Å². The molecule has 0 aliphatic heterocycles. The minimum absolute atomic E-state index is 0.0729. The molecule has 2 aromatic rings. The first-order chi connectivity index (χ1) is 8.56. The van der Waals surface area contributed by atoms with E-state index in [0.29, 0.717) is 16.5 Å². The van der Waals surface area contributed by atoms with Gasteiger partial charge in [-0.1, -0.05) is 22.8 Å².